The molecule has 3 atom stereocenters. The molecule has 18 heavy (non-hydrogen) atoms. The Labute approximate surface area is 111 Å². The fraction of sp³-hybridized carbons (Fsp3) is 0.800. The topological polar surface area (TPSA) is 98.0 Å². The average molecular weight is 290 g/mol. The molecular formula is C10H18N4O2S2. The van der Waals surface area contributed by atoms with Gasteiger partial charge in [0.1, 0.15) is 0 Å². The maximum Gasteiger partial charge on any atom is 0.270 e. The van der Waals surface area contributed by atoms with Crippen LogP contribution < -0.4 is 10.5 Å². The molecule has 1 aliphatic carbocycles. The minimum atomic E-state index is -3.58. The molecule has 0 spiro atoms. The molecule has 0 radical (unpaired) electrons. The number of nitrogens with two attached hydrogens (primary N) is 1. The minimum Gasteiger partial charge on any atom is -0.374 e. The van der Waals surface area contributed by atoms with Gasteiger partial charge in [0, 0.05) is 6.04 Å². The van der Waals surface area contributed by atoms with Crippen LogP contribution in [-0.2, 0) is 10.0 Å². The molecule has 1 heterocycles. The van der Waals surface area contributed by atoms with E-state index in [-0.39, 0.29) is 15.5 Å². The second-order valence-electron chi connectivity index (χ2n) is 4.90. The van der Waals surface area contributed by atoms with E-state index < -0.39 is 10.0 Å². The predicted molar refractivity (Wildman–Crippen MR) is 70.6 cm³/mol. The highest BCUT2D eigenvalue weighted by Gasteiger charge is 2.32. The van der Waals surface area contributed by atoms with Crippen molar-refractivity contribution < 1.29 is 8.42 Å². The Morgan fingerprint density at radius 1 is 1.33 bits per heavy atom. The summed E-state index contributed by atoms with van der Waals surface area (Å²) in [6.45, 7) is 4.25. The lowest BCUT2D eigenvalue weighted by Crippen LogP contribution is -2.43. The maximum atomic E-state index is 12.1. The van der Waals surface area contributed by atoms with Gasteiger partial charge in [-0.15, -0.1) is 10.2 Å². The Hall–Kier alpha value is -0.730. The van der Waals surface area contributed by atoms with Gasteiger partial charge >= 0.3 is 0 Å². The van der Waals surface area contributed by atoms with E-state index in [0.717, 1.165) is 30.6 Å². The summed E-state index contributed by atoms with van der Waals surface area (Å²) in [5.41, 5.74) is 5.41. The van der Waals surface area contributed by atoms with Crippen LogP contribution in [0, 0.1) is 11.8 Å². The number of hydrogen-bond acceptors (Lipinski definition) is 6. The summed E-state index contributed by atoms with van der Waals surface area (Å²) in [6, 6.07) is -0.0242. The number of sulfonamides is 1. The molecule has 1 aliphatic rings. The Morgan fingerprint density at radius 2 is 2.06 bits per heavy atom. The highest BCUT2D eigenvalue weighted by atomic mass is 32.2. The Morgan fingerprint density at radius 3 is 2.67 bits per heavy atom. The summed E-state index contributed by atoms with van der Waals surface area (Å²) in [5, 5.41) is 7.29. The number of nitrogen functional groups attached to an aromatic ring is 1. The Kier molecular flexibility index (Phi) is 3.88. The van der Waals surface area contributed by atoms with Crippen molar-refractivity contribution in [1.29, 1.82) is 0 Å². The first kappa shape index (κ1) is 13.7. The molecule has 1 aromatic heterocycles. The molecule has 0 bridgehead atoms. The minimum absolute atomic E-state index is 0.0242. The quantitative estimate of drug-likeness (QED) is 0.872. The summed E-state index contributed by atoms with van der Waals surface area (Å²) in [5.74, 6) is 0.865. The highest BCUT2D eigenvalue weighted by molar-refractivity contribution is 7.91. The van der Waals surface area contributed by atoms with Crippen molar-refractivity contribution in [3.8, 4) is 0 Å². The summed E-state index contributed by atoms with van der Waals surface area (Å²) >= 11 is 0.890. The van der Waals surface area contributed by atoms with Crippen molar-refractivity contribution in [2.45, 2.75) is 43.5 Å². The molecule has 3 unspecified atom stereocenters. The largest absolute Gasteiger partial charge is 0.374 e. The van der Waals surface area contributed by atoms with E-state index in [1.807, 2.05) is 0 Å². The normalized spacial score (nSPS) is 29.3. The van der Waals surface area contributed by atoms with Gasteiger partial charge < -0.3 is 5.73 Å². The van der Waals surface area contributed by atoms with E-state index in [4.69, 9.17) is 5.73 Å². The summed E-state index contributed by atoms with van der Waals surface area (Å²) in [7, 11) is -3.58. The van der Waals surface area contributed by atoms with Crippen LogP contribution in [0.25, 0.3) is 0 Å². The molecule has 6 nitrogen and oxygen atoms in total. The molecule has 102 valence electrons. The van der Waals surface area contributed by atoms with Gasteiger partial charge in [-0.25, -0.2) is 13.1 Å². The van der Waals surface area contributed by atoms with Crippen LogP contribution in [0.2, 0.25) is 0 Å². The molecule has 2 rings (SSSR count). The first-order valence-electron chi connectivity index (χ1n) is 6.01. The van der Waals surface area contributed by atoms with Crippen molar-refractivity contribution in [3.63, 3.8) is 0 Å². The third-order valence-corrected chi connectivity index (χ3v) is 6.28. The fourth-order valence-electron chi connectivity index (χ4n) is 2.33. The summed E-state index contributed by atoms with van der Waals surface area (Å²) < 4.78 is 26.9. The van der Waals surface area contributed by atoms with Crippen LogP contribution in [0.15, 0.2) is 4.34 Å². The van der Waals surface area contributed by atoms with Crippen LogP contribution in [-0.4, -0.2) is 24.7 Å². The molecule has 1 aromatic rings. The van der Waals surface area contributed by atoms with Crippen molar-refractivity contribution in [3.05, 3.63) is 0 Å². The van der Waals surface area contributed by atoms with E-state index in [9.17, 15) is 8.42 Å². The lowest BCUT2D eigenvalue weighted by Gasteiger charge is -2.33. The molecule has 0 aromatic carbocycles. The van der Waals surface area contributed by atoms with E-state index in [1.54, 1.807) is 0 Å². The van der Waals surface area contributed by atoms with Gasteiger partial charge in [-0.05, 0) is 18.3 Å². The number of aromatic nitrogens is 2. The highest BCUT2D eigenvalue weighted by Crippen LogP contribution is 2.30. The van der Waals surface area contributed by atoms with Crippen LogP contribution >= 0.6 is 11.3 Å². The SMILES string of the molecule is CC1CCCC(NS(=O)(=O)c2nnc(N)s2)C1C. The molecule has 1 saturated carbocycles. The lowest BCUT2D eigenvalue weighted by molar-refractivity contribution is 0.227. The monoisotopic (exact) mass is 290 g/mol. The van der Waals surface area contributed by atoms with Crippen LogP contribution in [0.3, 0.4) is 0 Å². The van der Waals surface area contributed by atoms with Gasteiger partial charge in [-0.3, -0.25) is 0 Å². The van der Waals surface area contributed by atoms with Crippen molar-refractivity contribution in [2.75, 3.05) is 5.73 Å². The Bertz CT molecular complexity index is 514. The van der Waals surface area contributed by atoms with Gasteiger partial charge in [0.05, 0.1) is 0 Å². The molecule has 0 amide bonds. The summed E-state index contributed by atoms with van der Waals surface area (Å²) in [6.07, 6.45) is 3.08. The van der Waals surface area contributed by atoms with E-state index in [1.165, 1.54) is 0 Å². The van der Waals surface area contributed by atoms with Crippen LogP contribution in [0.5, 0.6) is 0 Å². The Balaban J connectivity index is 2.13. The third-order valence-electron chi connectivity index (χ3n) is 3.67. The number of rotatable bonds is 3. The van der Waals surface area contributed by atoms with Gasteiger partial charge in [-0.2, -0.15) is 0 Å². The molecular weight excluding hydrogens is 272 g/mol. The zero-order chi connectivity index (χ0) is 13.3. The smallest absolute Gasteiger partial charge is 0.270 e. The lowest BCUT2D eigenvalue weighted by atomic mass is 9.78. The second-order valence-corrected chi connectivity index (χ2v) is 7.80. The summed E-state index contributed by atoms with van der Waals surface area (Å²) in [4.78, 5) is 0. The van der Waals surface area contributed by atoms with Crippen molar-refractivity contribution in [1.82, 2.24) is 14.9 Å². The second kappa shape index (κ2) is 5.10. The molecule has 0 saturated heterocycles. The molecule has 0 aliphatic heterocycles. The third kappa shape index (κ3) is 2.81. The molecule has 1 fully saturated rings. The molecule has 8 heteroatoms. The zero-order valence-electron chi connectivity index (χ0n) is 10.5. The number of anilines is 1. The van der Waals surface area contributed by atoms with E-state index in [2.05, 4.69) is 28.8 Å². The van der Waals surface area contributed by atoms with Crippen LogP contribution in [0.4, 0.5) is 5.13 Å². The standard InChI is InChI=1S/C10H18N4O2S2/c1-6-4-3-5-8(7(6)2)14-18(15,16)10-13-12-9(11)17-10/h6-8,14H,3-5H2,1-2H3,(H2,11,12). The van der Waals surface area contributed by atoms with E-state index in [0.29, 0.717) is 11.8 Å². The predicted octanol–water partition coefficient (Wildman–Crippen LogP) is 1.22. The number of nitrogens with one attached hydrogen (secondary N) is 1. The van der Waals surface area contributed by atoms with Crippen molar-refractivity contribution in [2.24, 2.45) is 11.8 Å². The number of hydrogen-bond donors (Lipinski definition) is 2. The maximum absolute atomic E-state index is 12.1. The van der Waals surface area contributed by atoms with Gasteiger partial charge in [0.2, 0.25) is 9.47 Å². The zero-order valence-corrected chi connectivity index (χ0v) is 12.1. The van der Waals surface area contributed by atoms with Crippen LogP contribution in [0.1, 0.15) is 33.1 Å². The molecule has 3 N–H and O–H groups in total. The number of nitrogens with zero attached hydrogens (tertiary/aromatic N) is 2. The van der Waals surface area contributed by atoms with E-state index >= 15 is 0 Å². The van der Waals surface area contributed by atoms with Gasteiger partial charge in [-0.1, -0.05) is 38.0 Å². The average Bonchev–Trinajstić information content (AvgIpc) is 2.72. The first-order valence-corrected chi connectivity index (χ1v) is 8.31. The van der Waals surface area contributed by atoms with Gasteiger partial charge in [0.15, 0.2) is 0 Å². The van der Waals surface area contributed by atoms with Gasteiger partial charge in [0.25, 0.3) is 10.0 Å². The fourth-order valence-corrected chi connectivity index (χ4v) is 4.49. The van der Waals surface area contributed by atoms with Crippen molar-refractivity contribution >= 4 is 26.5 Å². The first-order chi connectivity index (χ1) is 8.40.